The Bertz CT molecular complexity index is 1130. The van der Waals surface area contributed by atoms with Crippen LogP contribution in [-0.4, -0.2) is 47.6 Å². The fourth-order valence-electron chi connectivity index (χ4n) is 2.73. The first-order valence-corrected chi connectivity index (χ1v) is 11.6. The minimum absolute atomic E-state index is 0.0917. The van der Waals surface area contributed by atoms with Gasteiger partial charge in [-0.25, -0.2) is 28.1 Å². The monoisotopic (exact) mass is 494 g/mol. The van der Waals surface area contributed by atoms with Gasteiger partial charge in [-0.2, -0.15) is 0 Å². The zero-order valence-corrected chi connectivity index (χ0v) is 19.3. The van der Waals surface area contributed by atoms with E-state index in [9.17, 15) is 8.42 Å². The topological polar surface area (TPSA) is 111 Å². The van der Waals surface area contributed by atoms with Crippen molar-refractivity contribution in [3.05, 3.63) is 52.8 Å². The Morgan fingerprint density at radius 2 is 1.93 bits per heavy atom. The summed E-state index contributed by atoms with van der Waals surface area (Å²) in [6.07, 6.45) is 3.16. The van der Waals surface area contributed by atoms with Crippen molar-refractivity contribution in [1.82, 2.24) is 24.2 Å². The molecule has 160 valence electrons. The van der Waals surface area contributed by atoms with Gasteiger partial charge in [0.05, 0.1) is 12.3 Å². The van der Waals surface area contributed by atoms with Crippen molar-refractivity contribution < 1.29 is 13.2 Å². The van der Waals surface area contributed by atoms with Gasteiger partial charge in [-0.15, -0.1) is 0 Å². The number of benzene rings is 1. The first kappa shape index (κ1) is 22.2. The maximum absolute atomic E-state index is 12.7. The number of ether oxygens (including phenoxy) is 1. The molecule has 2 aromatic heterocycles. The Morgan fingerprint density at radius 3 is 2.63 bits per heavy atom. The number of nitrogens with zero attached hydrogens (tertiary/aromatic N) is 4. The minimum atomic E-state index is -3.73. The normalized spacial score (nSPS) is 11.5. The van der Waals surface area contributed by atoms with Crippen molar-refractivity contribution in [2.75, 3.05) is 25.0 Å². The van der Waals surface area contributed by atoms with Gasteiger partial charge >= 0.3 is 0 Å². The Balaban J connectivity index is 1.63. The summed E-state index contributed by atoms with van der Waals surface area (Å²) in [6.45, 7) is 6.58. The second-order valence-electron chi connectivity index (χ2n) is 6.40. The number of halogens is 1. The lowest BCUT2D eigenvalue weighted by atomic mass is 10.3. The number of nitrogens with one attached hydrogen (secondary N) is 2. The summed E-state index contributed by atoms with van der Waals surface area (Å²) in [5.74, 6) is 1.58. The number of anilines is 1. The Hall–Kier alpha value is -2.50. The SMILES string of the molecule is CCOc1ccc(Br)cc1S(=O)(=O)NCCNc1cc(-n2cnc(C)c2C)ncn1. The van der Waals surface area contributed by atoms with Crippen LogP contribution in [0.3, 0.4) is 0 Å². The molecular weight excluding hydrogens is 472 g/mol. The quantitative estimate of drug-likeness (QED) is 0.439. The van der Waals surface area contributed by atoms with E-state index in [0.29, 0.717) is 35.0 Å². The summed E-state index contributed by atoms with van der Waals surface area (Å²) in [6, 6.07) is 6.67. The molecule has 0 saturated heterocycles. The largest absolute Gasteiger partial charge is 0.492 e. The number of hydrogen-bond acceptors (Lipinski definition) is 7. The molecule has 0 atom stereocenters. The lowest BCUT2D eigenvalue weighted by molar-refractivity contribution is 0.331. The summed E-state index contributed by atoms with van der Waals surface area (Å²) in [5.41, 5.74) is 1.92. The van der Waals surface area contributed by atoms with Crippen LogP contribution in [0.15, 0.2) is 46.3 Å². The summed E-state index contributed by atoms with van der Waals surface area (Å²) in [4.78, 5) is 12.8. The van der Waals surface area contributed by atoms with Crippen LogP contribution >= 0.6 is 15.9 Å². The highest BCUT2D eigenvalue weighted by Gasteiger charge is 2.19. The molecule has 30 heavy (non-hydrogen) atoms. The molecule has 0 unspecified atom stereocenters. The van der Waals surface area contributed by atoms with Gasteiger partial charge in [0.2, 0.25) is 10.0 Å². The van der Waals surface area contributed by atoms with Crippen molar-refractivity contribution in [3.63, 3.8) is 0 Å². The zero-order chi connectivity index (χ0) is 21.7. The van der Waals surface area contributed by atoms with Crippen LogP contribution in [0.5, 0.6) is 5.75 Å². The highest BCUT2D eigenvalue weighted by molar-refractivity contribution is 9.10. The van der Waals surface area contributed by atoms with Gasteiger partial charge in [0.25, 0.3) is 0 Å². The van der Waals surface area contributed by atoms with Gasteiger partial charge in [-0.1, -0.05) is 15.9 Å². The van der Waals surface area contributed by atoms with E-state index in [2.05, 4.69) is 40.9 Å². The van der Waals surface area contributed by atoms with Crippen molar-refractivity contribution in [2.45, 2.75) is 25.7 Å². The summed E-state index contributed by atoms with van der Waals surface area (Å²) in [7, 11) is -3.73. The van der Waals surface area contributed by atoms with E-state index in [0.717, 1.165) is 11.4 Å². The van der Waals surface area contributed by atoms with Crippen LogP contribution in [0.2, 0.25) is 0 Å². The molecule has 2 heterocycles. The maximum atomic E-state index is 12.7. The van der Waals surface area contributed by atoms with Crippen LogP contribution in [0.4, 0.5) is 5.82 Å². The molecule has 0 amide bonds. The summed E-state index contributed by atoms with van der Waals surface area (Å²) in [5, 5.41) is 3.10. The van der Waals surface area contributed by atoms with E-state index in [-0.39, 0.29) is 11.4 Å². The molecule has 2 N–H and O–H groups in total. The third-order valence-electron chi connectivity index (χ3n) is 4.37. The van der Waals surface area contributed by atoms with Crippen LogP contribution in [0.25, 0.3) is 5.82 Å². The highest BCUT2D eigenvalue weighted by atomic mass is 79.9. The average Bonchev–Trinajstić information content (AvgIpc) is 3.06. The second-order valence-corrected chi connectivity index (χ2v) is 9.05. The van der Waals surface area contributed by atoms with Crippen molar-refractivity contribution in [3.8, 4) is 11.6 Å². The molecule has 0 aliphatic rings. The fourth-order valence-corrected chi connectivity index (χ4v) is 4.44. The van der Waals surface area contributed by atoms with Crippen molar-refractivity contribution in [1.29, 1.82) is 0 Å². The average molecular weight is 495 g/mol. The van der Waals surface area contributed by atoms with E-state index in [4.69, 9.17) is 4.74 Å². The van der Waals surface area contributed by atoms with Crippen LogP contribution in [-0.2, 0) is 10.0 Å². The third kappa shape index (κ3) is 5.15. The third-order valence-corrected chi connectivity index (χ3v) is 6.35. The number of imidazole rings is 1. The Morgan fingerprint density at radius 1 is 1.13 bits per heavy atom. The standard InChI is InChI=1S/C19H23BrN6O3S/c1-4-29-16-6-5-15(20)9-17(16)30(27,28)25-8-7-21-18-10-19(23-11-22-18)26-12-24-13(2)14(26)3/h5-6,9-12,25H,4,7-8H2,1-3H3,(H,21,22,23). The molecular formula is C19H23BrN6O3S. The smallest absolute Gasteiger partial charge is 0.244 e. The summed E-state index contributed by atoms with van der Waals surface area (Å²) < 4.78 is 35.9. The second kappa shape index (κ2) is 9.54. The molecule has 0 bridgehead atoms. The summed E-state index contributed by atoms with van der Waals surface area (Å²) >= 11 is 3.30. The van der Waals surface area contributed by atoms with Gasteiger partial charge in [0, 0.05) is 29.3 Å². The maximum Gasteiger partial charge on any atom is 0.244 e. The Labute approximate surface area is 184 Å². The molecule has 0 fully saturated rings. The van der Waals surface area contributed by atoms with Crippen LogP contribution < -0.4 is 14.8 Å². The lowest BCUT2D eigenvalue weighted by Gasteiger charge is -2.13. The first-order chi connectivity index (χ1) is 14.3. The van der Waals surface area contributed by atoms with Crippen molar-refractivity contribution in [2.24, 2.45) is 0 Å². The zero-order valence-electron chi connectivity index (χ0n) is 16.9. The van der Waals surface area contributed by atoms with E-state index < -0.39 is 10.0 Å². The van der Waals surface area contributed by atoms with E-state index in [1.54, 1.807) is 31.5 Å². The molecule has 0 aliphatic carbocycles. The minimum Gasteiger partial charge on any atom is -0.492 e. The number of hydrogen-bond donors (Lipinski definition) is 2. The van der Waals surface area contributed by atoms with E-state index in [1.165, 1.54) is 12.4 Å². The van der Waals surface area contributed by atoms with E-state index >= 15 is 0 Å². The first-order valence-electron chi connectivity index (χ1n) is 9.30. The van der Waals surface area contributed by atoms with Gasteiger partial charge in [-0.3, -0.25) is 4.57 Å². The molecule has 11 heteroatoms. The van der Waals surface area contributed by atoms with E-state index in [1.807, 2.05) is 18.4 Å². The number of aryl methyl sites for hydroxylation is 1. The molecule has 0 radical (unpaired) electrons. The van der Waals surface area contributed by atoms with Gasteiger partial charge in [0.1, 0.15) is 34.9 Å². The van der Waals surface area contributed by atoms with Crippen molar-refractivity contribution >= 4 is 31.8 Å². The molecule has 1 aromatic carbocycles. The van der Waals surface area contributed by atoms with Gasteiger partial charge in [-0.05, 0) is 39.0 Å². The molecule has 3 aromatic rings. The fraction of sp³-hybridized carbons (Fsp3) is 0.316. The van der Waals surface area contributed by atoms with Crippen LogP contribution in [0, 0.1) is 13.8 Å². The van der Waals surface area contributed by atoms with Gasteiger partial charge in [0.15, 0.2) is 0 Å². The number of aromatic nitrogens is 4. The predicted molar refractivity (Wildman–Crippen MR) is 118 cm³/mol. The molecule has 0 aliphatic heterocycles. The molecule has 0 spiro atoms. The molecule has 3 rings (SSSR count). The Kier molecular flexibility index (Phi) is 7.06. The molecule has 9 nitrogen and oxygen atoms in total. The number of rotatable bonds is 9. The number of sulfonamides is 1. The molecule has 0 saturated carbocycles. The predicted octanol–water partition coefficient (Wildman–Crippen LogP) is 2.83. The highest BCUT2D eigenvalue weighted by Crippen LogP contribution is 2.27. The van der Waals surface area contributed by atoms with Gasteiger partial charge < -0.3 is 10.1 Å². The lowest BCUT2D eigenvalue weighted by Crippen LogP contribution is -2.29. The van der Waals surface area contributed by atoms with Crippen LogP contribution in [0.1, 0.15) is 18.3 Å².